The Morgan fingerprint density at radius 2 is 2.03 bits per heavy atom. The third-order valence-electron chi connectivity index (χ3n) is 4.66. The predicted molar refractivity (Wildman–Crippen MR) is 104 cm³/mol. The lowest BCUT2D eigenvalue weighted by Crippen LogP contribution is -2.18. The largest absolute Gasteiger partial charge is 0.273 e. The van der Waals surface area contributed by atoms with Crippen LogP contribution in [0.15, 0.2) is 47.5 Å². The molecule has 150 valence electrons. The molecule has 0 bridgehead atoms. The Hall–Kier alpha value is -2.94. The molecule has 0 spiro atoms. The number of rotatable bonds is 5. The van der Waals surface area contributed by atoms with Crippen LogP contribution in [0.25, 0.3) is 4.96 Å². The highest BCUT2D eigenvalue weighted by Crippen LogP contribution is 2.31. The summed E-state index contributed by atoms with van der Waals surface area (Å²) in [6, 6.07) is 6.99. The maximum Gasteiger partial charge on any atom is 0.273 e. The second kappa shape index (κ2) is 7.14. The van der Waals surface area contributed by atoms with Gasteiger partial charge in [-0.3, -0.25) is 13.9 Å². The molecule has 0 unspecified atom stereocenters. The smallest absolute Gasteiger partial charge is 0.269 e. The van der Waals surface area contributed by atoms with Gasteiger partial charge in [0, 0.05) is 36.7 Å². The average molecular weight is 418 g/mol. The van der Waals surface area contributed by atoms with Crippen molar-refractivity contribution in [2.24, 2.45) is 0 Å². The first-order chi connectivity index (χ1) is 13.7. The Morgan fingerprint density at radius 3 is 2.72 bits per heavy atom. The minimum Gasteiger partial charge on any atom is -0.269 e. The van der Waals surface area contributed by atoms with Crippen LogP contribution < -0.4 is 5.56 Å². The van der Waals surface area contributed by atoms with Gasteiger partial charge in [-0.1, -0.05) is 18.2 Å². The monoisotopic (exact) mass is 418 g/mol. The van der Waals surface area contributed by atoms with Crippen LogP contribution in [-0.4, -0.2) is 19.2 Å². The molecule has 0 aliphatic carbocycles. The number of fused-ring (bicyclic) bond motifs is 1. The second-order valence-corrected chi connectivity index (χ2v) is 8.04. The van der Waals surface area contributed by atoms with Gasteiger partial charge in [0.2, 0.25) is 0 Å². The third kappa shape index (κ3) is 3.69. The van der Waals surface area contributed by atoms with Crippen molar-refractivity contribution in [3.63, 3.8) is 0 Å². The van der Waals surface area contributed by atoms with Crippen LogP contribution in [0.2, 0.25) is 0 Å². The van der Waals surface area contributed by atoms with Crippen LogP contribution in [0, 0.1) is 12.7 Å². The SMILES string of the molecule is Cc1sc2nc(Cc3cccc(C(C)(F)F)c3F)cc(=O)n2c1Cn1cccn1. The first kappa shape index (κ1) is 19.4. The molecular formula is C20H17F3N4OS. The van der Waals surface area contributed by atoms with Crippen molar-refractivity contribution in [3.8, 4) is 0 Å². The van der Waals surface area contributed by atoms with E-state index in [1.165, 1.54) is 33.9 Å². The van der Waals surface area contributed by atoms with Crippen LogP contribution in [0.5, 0.6) is 0 Å². The van der Waals surface area contributed by atoms with Crippen molar-refractivity contribution >= 4 is 16.3 Å². The van der Waals surface area contributed by atoms with E-state index in [0.717, 1.165) is 16.6 Å². The Balaban J connectivity index is 1.73. The molecule has 0 fully saturated rings. The molecular weight excluding hydrogens is 401 g/mol. The average Bonchev–Trinajstić information content (AvgIpc) is 3.24. The summed E-state index contributed by atoms with van der Waals surface area (Å²) in [5.41, 5.74) is 0.217. The van der Waals surface area contributed by atoms with E-state index in [1.54, 1.807) is 23.1 Å². The van der Waals surface area contributed by atoms with E-state index in [1.807, 2.05) is 6.92 Å². The topological polar surface area (TPSA) is 52.2 Å². The highest BCUT2D eigenvalue weighted by molar-refractivity contribution is 7.17. The predicted octanol–water partition coefficient (Wildman–Crippen LogP) is 4.15. The molecule has 0 amide bonds. The van der Waals surface area contributed by atoms with E-state index < -0.39 is 17.3 Å². The molecule has 0 saturated carbocycles. The molecule has 0 radical (unpaired) electrons. The van der Waals surface area contributed by atoms with E-state index >= 15 is 0 Å². The number of hydrogen-bond acceptors (Lipinski definition) is 4. The Kier molecular flexibility index (Phi) is 4.77. The van der Waals surface area contributed by atoms with Gasteiger partial charge in [-0.2, -0.15) is 5.10 Å². The first-order valence-electron chi connectivity index (χ1n) is 8.88. The van der Waals surface area contributed by atoms with Crippen molar-refractivity contribution < 1.29 is 13.2 Å². The molecule has 0 N–H and O–H groups in total. The Morgan fingerprint density at radius 1 is 1.24 bits per heavy atom. The Bertz CT molecular complexity index is 1240. The molecule has 3 aromatic heterocycles. The summed E-state index contributed by atoms with van der Waals surface area (Å²) in [5.74, 6) is -4.26. The molecule has 4 rings (SSSR count). The summed E-state index contributed by atoms with van der Waals surface area (Å²) in [7, 11) is 0. The van der Waals surface area contributed by atoms with E-state index in [2.05, 4.69) is 10.1 Å². The molecule has 3 heterocycles. The summed E-state index contributed by atoms with van der Waals surface area (Å²) in [6.07, 6.45) is 3.41. The fourth-order valence-corrected chi connectivity index (χ4v) is 4.25. The molecule has 4 aromatic rings. The summed E-state index contributed by atoms with van der Waals surface area (Å²) in [4.78, 5) is 18.6. The van der Waals surface area contributed by atoms with Crippen LogP contribution in [-0.2, 0) is 18.9 Å². The fourth-order valence-electron chi connectivity index (χ4n) is 3.25. The summed E-state index contributed by atoms with van der Waals surface area (Å²) < 4.78 is 45.0. The standard InChI is InChI=1S/C20H17F3N4OS/c1-12-16(11-26-8-4-7-24-26)27-17(28)10-14(25-19(27)29-12)9-13-5-3-6-15(18(13)21)20(2,22)23/h3-8,10H,9,11H2,1-2H3. The molecule has 5 nitrogen and oxygen atoms in total. The van der Waals surface area contributed by atoms with Crippen molar-refractivity contribution in [2.45, 2.75) is 32.7 Å². The van der Waals surface area contributed by atoms with E-state index in [9.17, 15) is 18.0 Å². The minimum atomic E-state index is -3.29. The zero-order valence-electron chi connectivity index (χ0n) is 15.7. The third-order valence-corrected chi connectivity index (χ3v) is 5.65. The van der Waals surface area contributed by atoms with Gasteiger partial charge in [-0.15, -0.1) is 11.3 Å². The number of nitrogens with zero attached hydrogens (tertiary/aromatic N) is 4. The lowest BCUT2D eigenvalue weighted by molar-refractivity contribution is 0.0136. The molecule has 29 heavy (non-hydrogen) atoms. The maximum absolute atomic E-state index is 14.6. The van der Waals surface area contributed by atoms with Gasteiger partial charge >= 0.3 is 0 Å². The molecule has 0 aliphatic rings. The van der Waals surface area contributed by atoms with Crippen LogP contribution >= 0.6 is 11.3 Å². The number of thiazole rings is 1. The van der Waals surface area contributed by atoms with Gasteiger partial charge in [-0.25, -0.2) is 18.2 Å². The lowest BCUT2D eigenvalue weighted by atomic mass is 10.0. The van der Waals surface area contributed by atoms with Gasteiger partial charge < -0.3 is 0 Å². The van der Waals surface area contributed by atoms with Crippen molar-refractivity contribution in [1.82, 2.24) is 19.2 Å². The number of hydrogen-bond donors (Lipinski definition) is 0. The summed E-state index contributed by atoms with van der Waals surface area (Å²) >= 11 is 1.35. The van der Waals surface area contributed by atoms with E-state index in [4.69, 9.17) is 0 Å². The quantitative estimate of drug-likeness (QED) is 0.489. The zero-order valence-corrected chi connectivity index (χ0v) is 16.5. The highest BCUT2D eigenvalue weighted by Gasteiger charge is 2.29. The van der Waals surface area contributed by atoms with Gasteiger partial charge in [0.05, 0.1) is 23.5 Å². The summed E-state index contributed by atoms with van der Waals surface area (Å²) in [6.45, 7) is 2.97. The maximum atomic E-state index is 14.6. The van der Waals surface area contributed by atoms with E-state index in [0.29, 0.717) is 24.1 Å². The minimum absolute atomic E-state index is 0.0487. The molecule has 0 aliphatic heterocycles. The molecule has 9 heteroatoms. The van der Waals surface area contributed by atoms with Crippen molar-refractivity contribution in [2.75, 3.05) is 0 Å². The van der Waals surface area contributed by atoms with Gasteiger partial charge in [-0.05, 0) is 18.6 Å². The first-order valence-corrected chi connectivity index (χ1v) is 9.70. The molecule has 0 atom stereocenters. The molecule has 1 aromatic carbocycles. The van der Waals surface area contributed by atoms with Crippen LogP contribution in [0.4, 0.5) is 13.2 Å². The van der Waals surface area contributed by atoms with Crippen LogP contribution in [0.1, 0.15) is 34.3 Å². The van der Waals surface area contributed by atoms with E-state index in [-0.39, 0.29) is 17.5 Å². The normalized spacial score (nSPS) is 12.0. The lowest BCUT2D eigenvalue weighted by Gasteiger charge is -2.14. The van der Waals surface area contributed by atoms with Crippen LogP contribution in [0.3, 0.4) is 0 Å². The number of halogens is 3. The van der Waals surface area contributed by atoms with Crippen molar-refractivity contribution in [3.05, 3.63) is 86.3 Å². The highest BCUT2D eigenvalue weighted by atomic mass is 32.1. The van der Waals surface area contributed by atoms with Gasteiger partial charge in [0.25, 0.3) is 11.5 Å². The van der Waals surface area contributed by atoms with Gasteiger partial charge in [0.1, 0.15) is 5.82 Å². The zero-order chi connectivity index (χ0) is 20.8. The number of aryl methyl sites for hydroxylation is 1. The number of alkyl halides is 2. The summed E-state index contributed by atoms with van der Waals surface area (Å²) in [5, 5.41) is 4.16. The van der Waals surface area contributed by atoms with Crippen molar-refractivity contribution in [1.29, 1.82) is 0 Å². The van der Waals surface area contributed by atoms with Gasteiger partial charge in [0.15, 0.2) is 4.96 Å². The Labute approximate surface area is 168 Å². The number of aromatic nitrogens is 4. The molecule has 0 saturated heterocycles. The number of benzene rings is 1. The second-order valence-electron chi connectivity index (χ2n) is 6.86. The fraction of sp³-hybridized carbons (Fsp3) is 0.250.